The zero-order valence-corrected chi connectivity index (χ0v) is 10.2. The first kappa shape index (κ1) is 13.2. The van der Waals surface area contributed by atoms with Crippen molar-refractivity contribution < 1.29 is 14.3 Å². The highest BCUT2D eigenvalue weighted by atomic mass is 16.5. The number of esters is 1. The largest absolute Gasteiger partial charge is 0.465 e. The van der Waals surface area contributed by atoms with E-state index in [-0.39, 0.29) is 6.04 Å². The lowest BCUT2D eigenvalue weighted by atomic mass is 10.2. The van der Waals surface area contributed by atoms with Gasteiger partial charge in [0.2, 0.25) is 0 Å². The van der Waals surface area contributed by atoms with Crippen LogP contribution in [0.3, 0.4) is 0 Å². The van der Waals surface area contributed by atoms with Crippen LogP contribution >= 0.6 is 0 Å². The lowest BCUT2D eigenvalue weighted by Crippen LogP contribution is -2.22. The molecule has 1 rings (SSSR count). The molecule has 3 N–H and O–H groups in total. The maximum Gasteiger partial charge on any atom is 0.340 e. The highest BCUT2D eigenvalue weighted by Crippen LogP contribution is 2.16. The normalized spacial score (nSPS) is 11.9. The molecule has 0 radical (unpaired) electrons. The number of rotatable bonds is 5. The fourth-order valence-electron chi connectivity index (χ4n) is 1.38. The third-order valence-corrected chi connectivity index (χ3v) is 2.15. The van der Waals surface area contributed by atoms with Crippen molar-refractivity contribution in [3.8, 4) is 0 Å². The smallest absolute Gasteiger partial charge is 0.340 e. The van der Waals surface area contributed by atoms with Gasteiger partial charge in [-0.3, -0.25) is 0 Å². The molecule has 1 atom stereocenters. The number of methoxy groups -OCH3 is 2. The van der Waals surface area contributed by atoms with Gasteiger partial charge in [-0.05, 0) is 13.0 Å². The number of carbonyl (C=O) groups excluding carboxylic acids is 1. The monoisotopic (exact) mass is 239 g/mol. The summed E-state index contributed by atoms with van der Waals surface area (Å²) in [6, 6.07) is 1.65. The van der Waals surface area contributed by atoms with Crippen LogP contribution in [0.5, 0.6) is 0 Å². The van der Waals surface area contributed by atoms with Crippen LogP contribution in [0.4, 0.5) is 11.5 Å². The molecule has 6 nitrogen and oxygen atoms in total. The minimum absolute atomic E-state index is 0.0848. The molecular formula is C11H17N3O3. The predicted molar refractivity (Wildman–Crippen MR) is 64.9 cm³/mol. The van der Waals surface area contributed by atoms with Crippen molar-refractivity contribution in [3.63, 3.8) is 0 Å². The van der Waals surface area contributed by atoms with E-state index in [2.05, 4.69) is 15.0 Å². The first-order valence-electron chi connectivity index (χ1n) is 5.17. The number of nitrogens with one attached hydrogen (secondary N) is 1. The Morgan fingerprint density at radius 1 is 1.59 bits per heavy atom. The SMILES string of the molecule is COCC(C)Nc1cc(C(=O)OC)c(N)cn1. The number of nitrogen functional groups attached to an aromatic ring is 1. The first-order chi connectivity index (χ1) is 8.08. The Balaban J connectivity index is 2.85. The van der Waals surface area contributed by atoms with Gasteiger partial charge >= 0.3 is 5.97 Å². The molecule has 0 aliphatic heterocycles. The van der Waals surface area contributed by atoms with E-state index in [4.69, 9.17) is 10.5 Å². The highest BCUT2D eigenvalue weighted by Gasteiger charge is 2.12. The van der Waals surface area contributed by atoms with Crippen LogP contribution in [-0.2, 0) is 9.47 Å². The van der Waals surface area contributed by atoms with Gasteiger partial charge in [0.05, 0.1) is 31.2 Å². The van der Waals surface area contributed by atoms with Crippen molar-refractivity contribution in [2.45, 2.75) is 13.0 Å². The number of ether oxygens (including phenoxy) is 2. The summed E-state index contributed by atoms with van der Waals surface area (Å²) in [5, 5.41) is 3.09. The summed E-state index contributed by atoms with van der Waals surface area (Å²) in [5.41, 5.74) is 6.23. The Kier molecular flexibility index (Phi) is 4.71. The maximum absolute atomic E-state index is 11.4. The van der Waals surface area contributed by atoms with Crippen molar-refractivity contribution in [3.05, 3.63) is 17.8 Å². The molecule has 0 aliphatic rings. The number of hydrogen-bond donors (Lipinski definition) is 2. The van der Waals surface area contributed by atoms with Gasteiger partial charge in [-0.15, -0.1) is 0 Å². The number of nitrogens with two attached hydrogens (primary N) is 1. The van der Waals surface area contributed by atoms with Gasteiger partial charge in [0.15, 0.2) is 0 Å². The zero-order chi connectivity index (χ0) is 12.8. The second-order valence-electron chi connectivity index (χ2n) is 3.65. The van der Waals surface area contributed by atoms with E-state index in [9.17, 15) is 4.79 Å². The van der Waals surface area contributed by atoms with Gasteiger partial charge in [0.25, 0.3) is 0 Å². The molecule has 1 unspecified atom stereocenters. The van der Waals surface area contributed by atoms with Crippen molar-refractivity contribution in [2.24, 2.45) is 0 Å². The Hall–Kier alpha value is -1.82. The number of anilines is 2. The molecule has 0 fully saturated rings. The molecule has 0 aliphatic carbocycles. The zero-order valence-electron chi connectivity index (χ0n) is 10.2. The Labute approximate surface area is 100 Å². The minimum Gasteiger partial charge on any atom is -0.465 e. The molecule has 0 saturated carbocycles. The molecule has 0 amide bonds. The molecule has 0 saturated heterocycles. The van der Waals surface area contributed by atoms with E-state index in [1.54, 1.807) is 13.2 Å². The van der Waals surface area contributed by atoms with Crippen molar-refractivity contribution in [1.29, 1.82) is 0 Å². The van der Waals surface area contributed by atoms with Gasteiger partial charge in [-0.2, -0.15) is 0 Å². The second-order valence-corrected chi connectivity index (χ2v) is 3.65. The molecule has 0 spiro atoms. The number of carbonyl (C=O) groups is 1. The summed E-state index contributed by atoms with van der Waals surface area (Å²) in [7, 11) is 2.93. The van der Waals surface area contributed by atoms with Crippen molar-refractivity contribution in [1.82, 2.24) is 4.98 Å². The third kappa shape index (κ3) is 3.60. The number of nitrogens with zero attached hydrogens (tertiary/aromatic N) is 1. The lowest BCUT2D eigenvalue weighted by molar-refractivity contribution is 0.0602. The molecule has 17 heavy (non-hydrogen) atoms. The Morgan fingerprint density at radius 3 is 2.88 bits per heavy atom. The van der Waals surface area contributed by atoms with Gasteiger partial charge < -0.3 is 20.5 Å². The fraction of sp³-hybridized carbons (Fsp3) is 0.455. The quantitative estimate of drug-likeness (QED) is 0.742. The molecular weight excluding hydrogens is 222 g/mol. The average molecular weight is 239 g/mol. The average Bonchev–Trinajstić information content (AvgIpc) is 2.31. The summed E-state index contributed by atoms with van der Waals surface area (Å²) in [4.78, 5) is 15.5. The van der Waals surface area contributed by atoms with E-state index < -0.39 is 5.97 Å². The van der Waals surface area contributed by atoms with Crippen LogP contribution in [0.2, 0.25) is 0 Å². The van der Waals surface area contributed by atoms with Gasteiger partial charge in [0.1, 0.15) is 5.82 Å². The molecule has 0 bridgehead atoms. The lowest BCUT2D eigenvalue weighted by Gasteiger charge is -2.14. The Bertz CT molecular complexity index is 396. The van der Waals surface area contributed by atoms with Crippen LogP contribution < -0.4 is 11.1 Å². The standard InChI is InChI=1S/C11H17N3O3/c1-7(6-16-2)14-10-4-8(11(15)17-3)9(12)5-13-10/h4-5,7H,6,12H2,1-3H3,(H,13,14). The number of hydrogen-bond acceptors (Lipinski definition) is 6. The minimum atomic E-state index is -0.479. The second kappa shape index (κ2) is 6.05. The molecule has 1 aromatic rings. The third-order valence-electron chi connectivity index (χ3n) is 2.15. The van der Waals surface area contributed by atoms with Gasteiger partial charge in [0, 0.05) is 13.2 Å². The topological polar surface area (TPSA) is 86.5 Å². The fourth-order valence-corrected chi connectivity index (χ4v) is 1.38. The van der Waals surface area contributed by atoms with Gasteiger partial charge in [-0.25, -0.2) is 9.78 Å². The van der Waals surface area contributed by atoms with Gasteiger partial charge in [-0.1, -0.05) is 0 Å². The van der Waals surface area contributed by atoms with Crippen LogP contribution in [0, 0.1) is 0 Å². The Morgan fingerprint density at radius 2 is 2.29 bits per heavy atom. The highest BCUT2D eigenvalue weighted by molar-refractivity contribution is 5.95. The summed E-state index contributed by atoms with van der Waals surface area (Å²) in [5.74, 6) is 0.0801. The van der Waals surface area contributed by atoms with E-state index in [0.717, 1.165) is 0 Å². The molecule has 0 aromatic carbocycles. The first-order valence-corrected chi connectivity index (χ1v) is 5.17. The molecule has 1 heterocycles. The number of aromatic nitrogens is 1. The van der Waals surface area contributed by atoms with Crippen LogP contribution in [0.25, 0.3) is 0 Å². The predicted octanol–water partition coefficient (Wildman–Crippen LogP) is 0.897. The summed E-state index contributed by atoms with van der Waals surface area (Å²) < 4.78 is 9.62. The van der Waals surface area contributed by atoms with E-state index in [1.807, 2.05) is 6.92 Å². The summed E-state index contributed by atoms with van der Waals surface area (Å²) in [6.07, 6.45) is 1.42. The van der Waals surface area contributed by atoms with Crippen LogP contribution in [-0.4, -0.2) is 37.8 Å². The summed E-state index contributed by atoms with van der Waals surface area (Å²) >= 11 is 0. The van der Waals surface area contributed by atoms with Crippen molar-refractivity contribution in [2.75, 3.05) is 31.9 Å². The van der Waals surface area contributed by atoms with Crippen LogP contribution in [0.1, 0.15) is 17.3 Å². The maximum atomic E-state index is 11.4. The van der Waals surface area contributed by atoms with E-state index in [1.165, 1.54) is 13.3 Å². The van der Waals surface area contributed by atoms with Crippen molar-refractivity contribution >= 4 is 17.5 Å². The van der Waals surface area contributed by atoms with E-state index >= 15 is 0 Å². The van der Waals surface area contributed by atoms with E-state index in [0.29, 0.717) is 23.7 Å². The molecule has 94 valence electrons. The molecule has 6 heteroatoms. The molecule has 1 aromatic heterocycles. The van der Waals surface area contributed by atoms with Crippen LogP contribution in [0.15, 0.2) is 12.3 Å². The number of pyridine rings is 1. The summed E-state index contributed by atoms with van der Waals surface area (Å²) in [6.45, 7) is 2.49.